The molecule has 0 spiro atoms. The number of hydrogen-bond donors (Lipinski definition) is 1. The highest BCUT2D eigenvalue weighted by Crippen LogP contribution is 2.32. The monoisotopic (exact) mass is 166 g/mol. The van der Waals surface area contributed by atoms with Crippen LogP contribution < -0.4 is 0 Å². The number of rotatable bonds is 1. The van der Waals surface area contributed by atoms with Crippen molar-refractivity contribution >= 4 is 0 Å². The molecule has 1 aromatic rings. The molecule has 0 aliphatic carbocycles. The van der Waals surface area contributed by atoms with E-state index in [1.165, 1.54) is 0 Å². The highest BCUT2D eigenvalue weighted by atomic mass is 17.2. The minimum absolute atomic E-state index is 0.0191. The van der Waals surface area contributed by atoms with Gasteiger partial charge in [-0.3, -0.25) is 0 Å². The maximum absolute atomic E-state index is 9.02. The van der Waals surface area contributed by atoms with Gasteiger partial charge in [-0.25, -0.2) is 9.78 Å². The Balaban J connectivity index is 2.18. The lowest BCUT2D eigenvalue weighted by molar-refractivity contribution is -0.465. The van der Waals surface area contributed by atoms with Gasteiger partial charge in [0.2, 0.25) is 0 Å². The summed E-state index contributed by atoms with van der Waals surface area (Å²) in [5, 5.41) is 9.02. The Hall–Kier alpha value is -1.06. The van der Waals surface area contributed by atoms with Gasteiger partial charge in [-0.2, -0.15) is 0 Å². The van der Waals surface area contributed by atoms with Crippen molar-refractivity contribution in [3.05, 3.63) is 29.8 Å². The van der Waals surface area contributed by atoms with E-state index in [2.05, 4.69) is 0 Å². The number of phenolic OH excluding ortho intramolecular Hbond substituents is 1. The highest BCUT2D eigenvalue weighted by molar-refractivity contribution is 5.28. The van der Waals surface area contributed by atoms with E-state index in [-0.39, 0.29) is 18.0 Å². The highest BCUT2D eigenvalue weighted by Gasteiger charge is 2.31. The van der Waals surface area contributed by atoms with Gasteiger partial charge in [0.15, 0.2) is 0 Å². The van der Waals surface area contributed by atoms with E-state index < -0.39 is 0 Å². The van der Waals surface area contributed by atoms with Crippen molar-refractivity contribution < 1.29 is 14.9 Å². The fraction of sp³-hybridized carbons (Fsp3) is 0.333. The molecule has 12 heavy (non-hydrogen) atoms. The van der Waals surface area contributed by atoms with E-state index in [1.807, 2.05) is 19.1 Å². The van der Waals surface area contributed by atoms with E-state index in [4.69, 9.17) is 14.9 Å². The average molecular weight is 166 g/mol. The minimum Gasteiger partial charge on any atom is -0.508 e. The Morgan fingerprint density at radius 3 is 2.25 bits per heavy atom. The fourth-order valence-electron chi connectivity index (χ4n) is 1.21. The molecule has 2 atom stereocenters. The molecule has 2 rings (SSSR count). The van der Waals surface area contributed by atoms with Crippen molar-refractivity contribution in [3.8, 4) is 5.75 Å². The molecule has 1 saturated heterocycles. The molecule has 3 heteroatoms. The molecule has 2 unspecified atom stereocenters. The fourth-order valence-corrected chi connectivity index (χ4v) is 1.21. The Morgan fingerprint density at radius 2 is 1.83 bits per heavy atom. The summed E-state index contributed by atoms with van der Waals surface area (Å²) in [5.41, 5.74) is 1.03. The van der Waals surface area contributed by atoms with Crippen LogP contribution in [-0.2, 0) is 9.78 Å². The van der Waals surface area contributed by atoms with Crippen LogP contribution in [0.1, 0.15) is 18.6 Å². The topological polar surface area (TPSA) is 38.7 Å². The second-order valence-corrected chi connectivity index (χ2v) is 2.91. The second-order valence-electron chi connectivity index (χ2n) is 2.91. The first-order valence-electron chi connectivity index (χ1n) is 3.88. The number of benzene rings is 1. The van der Waals surface area contributed by atoms with E-state index in [0.717, 1.165) is 5.56 Å². The smallest absolute Gasteiger partial charge is 0.147 e. The predicted octanol–water partition coefficient (Wildman–Crippen LogP) is 1.78. The Morgan fingerprint density at radius 1 is 1.17 bits per heavy atom. The molecule has 1 fully saturated rings. The SMILES string of the molecule is CC1OOC1c1ccc(O)cc1. The predicted molar refractivity (Wildman–Crippen MR) is 42.5 cm³/mol. The summed E-state index contributed by atoms with van der Waals surface area (Å²) in [4.78, 5) is 9.65. The van der Waals surface area contributed by atoms with E-state index in [9.17, 15) is 0 Å². The van der Waals surface area contributed by atoms with Gasteiger partial charge in [-0.05, 0) is 24.6 Å². The summed E-state index contributed by atoms with van der Waals surface area (Å²) in [7, 11) is 0. The van der Waals surface area contributed by atoms with Crippen LogP contribution in [0, 0.1) is 0 Å². The first-order valence-corrected chi connectivity index (χ1v) is 3.88. The molecule has 0 aromatic heterocycles. The Labute approximate surface area is 70.5 Å². The van der Waals surface area contributed by atoms with Gasteiger partial charge in [0, 0.05) is 0 Å². The van der Waals surface area contributed by atoms with E-state index >= 15 is 0 Å². The largest absolute Gasteiger partial charge is 0.508 e. The summed E-state index contributed by atoms with van der Waals surface area (Å²) in [6, 6.07) is 6.95. The summed E-state index contributed by atoms with van der Waals surface area (Å²) in [6.45, 7) is 1.95. The lowest BCUT2D eigenvalue weighted by Gasteiger charge is -2.32. The van der Waals surface area contributed by atoms with Gasteiger partial charge in [0.1, 0.15) is 18.0 Å². The number of phenols is 1. The first kappa shape index (κ1) is 7.58. The number of hydrogen-bond acceptors (Lipinski definition) is 3. The molecule has 1 aliphatic rings. The Kier molecular flexibility index (Phi) is 1.75. The third-order valence-electron chi connectivity index (χ3n) is 1.96. The third-order valence-corrected chi connectivity index (χ3v) is 1.96. The third kappa shape index (κ3) is 1.17. The number of aromatic hydroxyl groups is 1. The maximum atomic E-state index is 9.02. The molecule has 0 radical (unpaired) electrons. The molecular formula is C9H10O3. The zero-order valence-corrected chi connectivity index (χ0v) is 6.73. The molecule has 0 saturated carbocycles. The van der Waals surface area contributed by atoms with Gasteiger partial charge in [-0.15, -0.1) is 0 Å². The van der Waals surface area contributed by atoms with Crippen LogP contribution in [0.2, 0.25) is 0 Å². The van der Waals surface area contributed by atoms with Gasteiger partial charge in [0.25, 0.3) is 0 Å². The zero-order valence-electron chi connectivity index (χ0n) is 6.73. The average Bonchev–Trinajstić information content (AvgIpc) is 2.06. The van der Waals surface area contributed by atoms with Crippen LogP contribution in [0.4, 0.5) is 0 Å². The molecular weight excluding hydrogens is 156 g/mol. The molecule has 1 aliphatic heterocycles. The molecule has 0 bridgehead atoms. The van der Waals surface area contributed by atoms with Crippen LogP contribution in [0.15, 0.2) is 24.3 Å². The maximum Gasteiger partial charge on any atom is 0.147 e. The van der Waals surface area contributed by atoms with Crippen LogP contribution in [0.25, 0.3) is 0 Å². The minimum atomic E-state index is 0.0191. The normalized spacial score (nSPS) is 28.1. The van der Waals surface area contributed by atoms with Gasteiger partial charge in [-0.1, -0.05) is 12.1 Å². The van der Waals surface area contributed by atoms with Crippen LogP contribution in [0.3, 0.4) is 0 Å². The van der Waals surface area contributed by atoms with Gasteiger partial charge in [0.05, 0.1) is 0 Å². The van der Waals surface area contributed by atoms with Crippen LogP contribution in [0.5, 0.6) is 5.75 Å². The van der Waals surface area contributed by atoms with Crippen molar-refractivity contribution in [3.63, 3.8) is 0 Å². The molecule has 3 nitrogen and oxygen atoms in total. The summed E-state index contributed by atoms with van der Waals surface area (Å²) >= 11 is 0. The molecule has 1 aromatic carbocycles. The van der Waals surface area contributed by atoms with Crippen molar-refractivity contribution in [2.45, 2.75) is 19.1 Å². The van der Waals surface area contributed by atoms with E-state index in [1.54, 1.807) is 12.1 Å². The van der Waals surface area contributed by atoms with Crippen LogP contribution in [-0.4, -0.2) is 11.2 Å². The molecule has 1 N–H and O–H groups in total. The van der Waals surface area contributed by atoms with Crippen molar-refractivity contribution in [2.24, 2.45) is 0 Å². The quantitative estimate of drug-likeness (QED) is 0.646. The first-order chi connectivity index (χ1) is 5.77. The molecule has 0 amide bonds. The lowest BCUT2D eigenvalue weighted by atomic mass is 10.0. The summed E-state index contributed by atoms with van der Waals surface area (Å²) in [5.74, 6) is 0.270. The standard InChI is InChI=1S/C9H10O3/c1-6-9(12-11-6)7-2-4-8(10)5-3-7/h2-6,9-10H,1H3. The summed E-state index contributed by atoms with van der Waals surface area (Å²) < 4.78 is 0. The lowest BCUT2D eigenvalue weighted by Crippen LogP contribution is -2.32. The van der Waals surface area contributed by atoms with Crippen molar-refractivity contribution in [2.75, 3.05) is 0 Å². The molecule has 64 valence electrons. The van der Waals surface area contributed by atoms with Gasteiger partial charge >= 0.3 is 0 Å². The Bertz CT molecular complexity index is 268. The molecule has 1 heterocycles. The second kappa shape index (κ2) is 2.77. The van der Waals surface area contributed by atoms with E-state index in [0.29, 0.717) is 0 Å². The van der Waals surface area contributed by atoms with Crippen molar-refractivity contribution in [1.29, 1.82) is 0 Å². The van der Waals surface area contributed by atoms with Gasteiger partial charge < -0.3 is 5.11 Å². The van der Waals surface area contributed by atoms with Crippen LogP contribution >= 0.6 is 0 Å². The van der Waals surface area contributed by atoms with Crippen molar-refractivity contribution in [1.82, 2.24) is 0 Å². The zero-order chi connectivity index (χ0) is 8.55. The summed E-state index contributed by atoms with van der Waals surface area (Å²) in [6.07, 6.45) is 0.125.